The van der Waals surface area contributed by atoms with Crippen molar-refractivity contribution in [1.29, 1.82) is 0 Å². The monoisotopic (exact) mass is 669 g/mol. The molecule has 0 saturated carbocycles. The van der Waals surface area contributed by atoms with Gasteiger partial charge in [0.05, 0.1) is 17.6 Å². The van der Waals surface area contributed by atoms with Crippen molar-refractivity contribution in [2.24, 2.45) is 5.73 Å². The molecule has 0 heterocycles. The van der Waals surface area contributed by atoms with Crippen molar-refractivity contribution < 1.29 is 41.0 Å². The van der Waals surface area contributed by atoms with Gasteiger partial charge < -0.3 is 30.6 Å². The Balaban J connectivity index is 2.33. The van der Waals surface area contributed by atoms with E-state index >= 15 is 0 Å². The smallest absolute Gasteiger partial charge is 0.407 e. The lowest BCUT2D eigenvalue weighted by Gasteiger charge is -2.28. The molecule has 0 radical (unpaired) electrons. The molecule has 0 fully saturated rings. The lowest BCUT2D eigenvalue weighted by molar-refractivity contribution is -0.151. The number of alkyl carbamates (subject to hydrolysis) is 1. The van der Waals surface area contributed by atoms with Crippen LogP contribution >= 0.6 is 0 Å². The number of amides is 1. The van der Waals surface area contributed by atoms with Gasteiger partial charge in [0, 0.05) is 32.3 Å². The molecule has 0 aromatic heterocycles. The Bertz CT molecular complexity index is 1320. The quantitative estimate of drug-likeness (QED) is 0.131. The lowest BCUT2D eigenvalue weighted by Crippen LogP contribution is -2.52. The zero-order chi connectivity index (χ0) is 34.1. The van der Waals surface area contributed by atoms with E-state index in [1.807, 2.05) is 45.0 Å². The molecule has 0 saturated heterocycles. The second-order valence-corrected chi connectivity index (χ2v) is 13.6. The molecule has 0 spiro atoms. The summed E-state index contributed by atoms with van der Waals surface area (Å²) in [5, 5.41) is 4.85. The molecule has 0 aliphatic carbocycles. The Morgan fingerprint density at radius 3 is 2.20 bits per heavy atom. The number of hydrogen-bond acceptors (Lipinski definition) is 9. The van der Waals surface area contributed by atoms with Crippen LogP contribution in [0, 0.1) is 11.6 Å². The third kappa shape index (κ3) is 13.7. The normalized spacial score (nSPS) is 13.7. The van der Waals surface area contributed by atoms with Gasteiger partial charge in [-0.2, -0.15) is 0 Å². The second-order valence-electron chi connectivity index (χ2n) is 11.3. The van der Waals surface area contributed by atoms with Crippen LogP contribution in [0.5, 0.6) is 0 Å². The number of esters is 1. The highest BCUT2D eigenvalue weighted by molar-refractivity contribution is 7.92. The lowest BCUT2D eigenvalue weighted by atomic mass is 10.0. The van der Waals surface area contributed by atoms with E-state index in [4.69, 9.17) is 19.9 Å². The predicted molar refractivity (Wildman–Crippen MR) is 173 cm³/mol. The summed E-state index contributed by atoms with van der Waals surface area (Å²) < 4.78 is 70.4. The molecule has 0 aliphatic rings. The largest absolute Gasteiger partial charge is 0.458 e. The van der Waals surface area contributed by atoms with Crippen molar-refractivity contribution in [1.82, 2.24) is 10.6 Å². The van der Waals surface area contributed by atoms with Crippen molar-refractivity contribution in [2.75, 3.05) is 32.6 Å². The molecule has 3 atom stereocenters. The molecular weight excluding hydrogens is 620 g/mol. The minimum absolute atomic E-state index is 0.0348. The number of nitrogens with two attached hydrogens (primary N) is 1. The van der Waals surface area contributed by atoms with Gasteiger partial charge in [-0.25, -0.2) is 26.8 Å². The number of carbonyl (C=O) groups excluding carboxylic acids is 2. The van der Waals surface area contributed by atoms with Crippen LogP contribution in [0.4, 0.5) is 13.6 Å². The highest BCUT2D eigenvalue weighted by Crippen LogP contribution is 2.18. The Morgan fingerprint density at radius 2 is 1.59 bits per heavy atom. The topological polar surface area (TPSA) is 146 Å². The molecule has 2 aromatic rings. The number of carbonyl (C=O) groups is 2. The molecule has 2 aromatic carbocycles. The van der Waals surface area contributed by atoms with Crippen molar-refractivity contribution in [3.8, 4) is 0 Å². The molecule has 0 aliphatic heterocycles. The van der Waals surface area contributed by atoms with Crippen LogP contribution in [0.15, 0.2) is 42.5 Å². The SMILES string of the molecule is CCCC(CCC)S(=O)(=O)CC(NC(=O)OCCOC)C(=O)O[C@H](CNCc1cccc(CC)c1)[C@@H](N)Cc1cc(F)cc(F)c1. The fraction of sp³-hybridized carbons (Fsp3) is 0.576. The van der Waals surface area contributed by atoms with Crippen molar-refractivity contribution in [2.45, 2.75) is 89.3 Å². The summed E-state index contributed by atoms with van der Waals surface area (Å²) in [5.74, 6) is -3.29. The van der Waals surface area contributed by atoms with E-state index in [-0.39, 0.29) is 31.7 Å². The van der Waals surface area contributed by atoms with Crippen LogP contribution in [0.2, 0.25) is 0 Å². The molecule has 1 amide bonds. The number of aryl methyl sites for hydroxylation is 1. The second kappa shape index (κ2) is 20.2. The van der Waals surface area contributed by atoms with Gasteiger partial charge in [0.1, 0.15) is 30.4 Å². The van der Waals surface area contributed by atoms with Crippen LogP contribution in [-0.2, 0) is 48.2 Å². The standard InChI is InChI=1S/C33H49F2N3O7S/c1-5-9-28(10-6-2)46(41,42)22-30(38-33(40)44-14-13-43-4)32(39)45-31(21-37-20-24-12-8-11-23(7-3)15-24)29(36)18-25-16-26(34)19-27(35)17-25/h8,11-12,15-17,19,28-31,37H,5-7,9-10,13-14,18,20-22,36H2,1-4H3,(H,38,40)/t29-,30?,31+/m0/s1. The molecule has 1 unspecified atom stereocenters. The Hall–Kier alpha value is -3.13. The summed E-state index contributed by atoms with van der Waals surface area (Å²) in [4.78, 5) is 26.2. The fourth-order valence-corrected chi connectivity index (χ4v) is 7.19. The van der Waals surface area contributed by atoms with Crippen LogP contribution in [0.1, 0.15) is 63.1 Å². The van der Waals surface area contributed by atoms with Gasteiger partial charge in [-0.1, -0.05) is 57.9 Å². The first kappa shape index (κ1) is 39.1. The zero-order valence-electron chi connectivity index (χ0n) is 27.2. The fourth-order valence-electron chi connectivity index (χ4n) is 5.05. The van der Waals surface area contributed by atoms with Gasteiger partial charge in [0.25, 0.3) is 0 Å². The Morgan fingerprint density at radius 1 is 0.935 bits per heavy atom. The summed E-state index contributed by atoms with van der Waals surface area (Å²) >= 11 is 0. The molecular formula is C33H49F2N3O7S. The van der Waals surface area contributed by atoms with E-state index in [0.29, 0.717) is 32.2 Å². The summed E-state index contributed by atoms with van der Waals surface area (Å²) in [6.07, 6.45) is 0.768. The van der Waals surface area contributed by atoms with Gasteiger partial charge in [-0.05, 0) is 54.5 Å². The number of ether oxygens (including phenoxy) is 3. The van der Waals surface area contributed by atoms with E-state index in [2.05, 4.69) is 10.6 Å². The minimum atomic E-state index is -3.86. The van der Waals surface area contributed by atoms with Crippen LogP contribution < -0.4 is 16.4 Å². The summed E-state index contributed by atoms with van der Waals surface area (Å²) in [6, 6.07) is 8.39. The average Bonchev–Trinajstić information content (AvgIpc) is 2.99. The molecule has 46 heavy (non-hydrogen) atoms. The molecule has 4 N–H and O–H groups in total. The molecule has 10 nitrogen and oxygen atoms in total. The third-order valence-electron chi connectivity index (χ3n) is 7.44. The van der Waals surface area contributed by atoms with Gasteiger partial charge in [0.15, 0.2) is 9.84 Å². The maximum absolute atomic E-state index is 13.9. The maximum atomic E-state index is 13.9. The van der Waals surface area contributed by atoms with Crippen LogP contribution in [-0.4, -0.2) is 76.5 Å². The van der Waals surface area contributed by atoms with E-state index in [1.54, 1.807) is 0 Å². The highest BCUT2D eigenvalue weighted by Gasteiger charge is 2.35. The maximum Gasteiger partial charge on any atom is 0.407 e. The number of rotatable bonds is 21. The first-order valence-electron chi connectivity index (χ1n) is 15.8. The number of benzene rings is 2. The van der Waals surface area contributed by atoms with Gasteiger partial charge in [-0.15, -0.1) is 0 Å². The van der Waals surface area contributed by atoms with Gasteiger partial charge >= 0.3 is 12.1 Å². The first-order chi connectivity index (χ1) is 21.9. The van der Waals surface area contributed by atoms with Gasteiger partial charge in [0.2, 0.25) is 0 Å². The van der Waals surface area contributed by atoms with Crippen molar-refractivity contribution >= 4 is 21.9 Å². The van der Waals surface area contributed by atoms with E-state index in [0.717, 1.165) is 35.7 Å². The predicted octanol–water partition coefficient (Wildman–Crippen LogP) is 4.22. The van der Waals surface area contributed by atoms with Crippen molar-refractivity contribution in [3.05, 3.63) is 70.8 Å². The Labute approximate surface area is 271 Å². The van der Waals surface area contributed by atoms with Crippen LogP contribution in [0.25, 0.3) is 0 Å². The summed E-state index contributed by atoms with van der Waals surface area (Å²) in [6.45, 7) is 6.20. The molecule has 258 valence electrons. The van der Waals surface area contributed by atoms with E-state index in [1.165, 1.54) is 7.11 Å². The van der Waals surface area contributed by atoms with Crippen LogP contribution in [0.3, 0.4) is 0 Å². The molecule has 0 bridgehead atoms. The number of hydrogen-bond donors (Lipinski definition) is 3. The number of halogens is 2. The summed E-state index contributed by atoms with van der Waals surface area (Å²) in [7, 11) is -2.44. The Kier molecular flexibility index (Phi) is 17.1. The molecule has 2 rings (SSSR count). The van der Waals surface area contributed by atoms with E-state index < -0.39 is 62.7 Å². The average molecular weight is 670 g/mol. The minimum Gasteiger partial charge on any atom is -0.458 e. The summed E-state index contributed by atoms with van der Waals surface area (Å²) in [5.41, 5.74) is 8.83. The highest BCUT2D eigenvalue weighted by atomic mass is 32.2. The number of sulfone groups is 1. The zero-order valence-corrected chi connectivity index (χ0v) is 28.0. The van der Waals surface area contributed by atoms with E-state index in [9.17, 15) is 26.8 Å². The number of nitrogens with one attached hydrogen (secondary N) is 2. The van der Waals surface area contributed by atoms with Crippen molar-refractivity contribution in [3.63, 3.8) is 0 Å². The van der Waals surface area contributed by atoms with Gasteiger partial charge in [-0.3, -0.25) is 0 Å². The first-order valence-corrected chi connectivity index (χ1v) is 17.5. The number of methoxy groups -OCH3 is 1. The third-order valence-corrected chi connectivity index (χ3v) is 9.72. The molecule has 13 heteroatoms.